The molecule has 0 saturated carbocycles. The number of nitrogens with one attached hydrogen (secondary N) is 1. The minimum atomic E-state index is 0.631. The van der Waals surface area contributed by atoms with Crippen LogP contribution in [0.3, 0.4) is 0 Å². The van der Waals surface area contributed by atoms with Gasteiger partial charge in [-0.2, -0.15) is 0 Å². The zero-order valence-corrected chi connectivity index (χ0v) is 13.0. The number of hydrogen-bond donors (Lipinski definition) is 1. The van der Waals surface area contributed by atoms with Crippen LogP contribution in [0.1, 0.15) is 25.8 Å². The lowest BCUT2D eigenvalue weighted by atomic mass is 10.0. The number of aromatic nitrogens is 1. The molecule has 112 valence electrons. The number of benzene rings is 1. The van der Waals surface area contributed by atoms with E-state index in [1.165, 1.54) is 17.4 Å². The Labute approximate surface area is 127 Å². The summed E-state index contributed by atoms with van der Waals surface area (Å²) in [6, 6.07) is 11.2. The molecule has 2 aromatic rings. The van der Waals surface area contributed by atoms with Crippen LogP contribution in [0.15, 0.2) is 36.5 Å². The molecule has 1 N–H and O–H groups in total. The van der Waals surface area contributed by atoms with E-state index in [1.807, 2.05) is 6.20 Å². The summed E-state index contributed by atoms with van der Waals surface area (Å²) < 4.78 is 0. The zero-order chi connectivity index (χ0) is 14.7. The Morgan fingerprint density at radius 2 is 2.14 bits per heavy atom. The van der Waals surface area contributed by atoms with Gasteiger partial charge in [-0.3, -0.25) is 9.88 Å². The third-order valence-electron chi connectivity index (χ3n) is 4.23. The van der Waals surface area contributed by atoms with Crippen molar-refractivity contribution in [3.05, 3.63) is 42.1 Å². The van der Waals surface area contributed by atoms with Gasteiger partial charge in [0, 0.05) is 43.8 Å². The lowest BCUT2D eigenvalue weighted by Gasteiger charge is -2.34. The van der Waals surface area contributed by atoms with E-state index in [0.717, 1.165) is 37.6 Å². The molecule has 0 bridgehead atoms. The minimum Gasteiger partial charge on any atom is -0.311 e. The molecule has 1 aliphatic rings. The molecule has 1 fully saturated rings. The Kier molecular flexibility index (Phi) is 4.51. The summed E-state index contributed by atoms with van der Waals surface area (Å²) >= 11 is 0. The van der Waals surface area contributed by atoms with E-state index < -0.39 is 0 Å². The maximum atomic E-state index is 4.46. The Morgan fingerprint density at radius 1 is 1.29 bits per heavy atom. The zero-order valence-electron chi connectivity index (χ0n) is 13.0. The van der Waals surface area contributed by atoms with Gasteiger partial charge in [0.2, 0.25) is 0 Å². The average molecular weight is 283 g/mol. The first kappa shape index (κ1) is 14.5. The summed E-state index contributed by atoms with van der Waals surface area (Å²) in [5.41, 5.74) is 2.50. The third-order valence-corrected chi connectivity index (χ3v) is 4.23. The molecule has 3 heteroatoms. The Morgan fingerprint density at radius 3 is 3.00 bits per heavy atom. The lowest BCUT2D eigenvalue weighted by molar-refractivity contribution is 0.180. The second-order valence-corrected chi connectivity index (χ2v) is 6.50. The summed E-state index contributed by atoms with van der Waals surface area (Å²) in [5, 5.41) is 4.94. The molecule has 1 aromatic heterocycles. The summed E-state index contributed by atoms with van der Waals surface area (Å²) in [5.74, 6) is 0.754. The highest BCUT2D eigenvalue weighted by Gasteiger charge is 2.20. The van der Waals surface area contributed by atoms with Crippen molar-refractivity contribution in [2.45, 2.75) is 32.9 Å². The largest absolute Gasteiger partial charge is 0.311 e. The summed E-state index contributed by atoms with van der Waals surface area (Å²) in [7, 11) is 0. The van der Waals surface area contributed by atoms with Crippen LogP contribution in [-0.2, 0) is 6.54 Å². The number of pyridine rings is 1. The predicted molar refractivity (Wildman–Crippen MR) is 88.3 cm³/mol. The normalized spacial score (nSPS) is 20.2. The Hall–Kier alpha value is -1.45. The molecule has 21 heavy (non-hydrogen) atoms. The van der Waals surface area contributed by atoms with Gasteiger partial charge in [0.1, 0.15) is 0 Å². The molecule has 1 unspecified atom stereocenters. The number of nitrogens with zero attached hydrogens (tertiary/aromatic N) is 2. The second-order valence-electron chi connectivity index (χ2n) is 6.50. The quantitative estimate of drug-likeness (QED) is 0.935. The van der Waals surface area contributed by atoms with Gasteiger partial charge in [0.05, 0.1) is 5.52 Å². The molecule has 0 spiro atoms. The maximum Gasteiger partial charge on any atom is 0.0705 e. The fraction of sp³-hybridized carbons (Fsp3) is 0.500. The first-order chi connectivity index (χ1) is 10.2. The van der Waals surface area contributed by atoms with E-state index in [4.69, 9.17) is 0 Å². The van der Waals surface area contributed by atoms with Crippen molar-refractivity contribution in [3.8, 4) is 0 Å². The molecule has 1 aromatic carbocycles. The average Bonchev–Trinajstić information content (AvgIpc) is 2.47. The number of piperazine rings is 1. The highest BCUT2D eigenvalue weighted by molar-refractivity contribution is 5.81. The first-order valence-corrected chi connectivity index (χ1v) is 8.01. The number of fused-ring (bicyclic) bond motifs is 1. The topological polar surface area (TPSA) is 28.2 Å². The van der Waals surface area contributed by atoms with Gasteiger partial charge in [-0.25, -0.2) is 0 Å². The van der Waals surface area contributed by atoms with Crippen LogP contribution in [0.25, 0.3) is 10.9 Å². The van der Waals surface area contributed by atoms with Gasteiger partial charge in [-0.1, -0.05) is 32.0 Å². The standard InChI is InChI=1S/C18H25N3/c1-14(2)11-16-13-21(10-9-19-16)12-15-7-8-20-18-6-4-3-5-17(15)18/h3-8,14,16,19H,9-13H2,1-2H3. The van der Waals surface area contributed by atoms with Crippen LogP contribution >= 0.6 is 0 Å². The molecule has 2 heterocycles. The second kappa shape index (κ2) is 6.54. The molecular formula is C18H25N3. The molecular weight excluding hydrogens is 258 g/mol. The number of hydrogen-bond acceptors (Lipinski definition) is 3. The van der Waals surface area contributed by atoms with Gasteiger partial charge in [-0.05, 0) is 30.0 Å². The Balaban J connectivity index is 1.73. The first-order valence-electron chi connectivity index (χ1n) is 8.01. The van der Waals surface area contributed by atoms with Crippen molar-refractivity contribution in [1.29, 1.82) is 0 Å². The molecule has 3 nitrogen and oxygen atoms in total. The van der Waals surface area contributed by atoms with E-state index in [2.05, 4.69) is 59.4 Å². The summed E-state index contributed by atoms with van der Waals surface area (Å²) in [6.45, 7) is 9.01. The van der Waals surface area contributed by atoms with Gasteiger partial charge in [-0.15, -0.1) is 0 Å². The van der Waals surface area contributed by atoms with Gasteiger partial charge >= 0.3 is 0 Å². The molecule has 0 amide bonds. The van der Waals surface area contributed by atoms with Gasteiger partial charge in [0.25, 0.3) is 0 Å². The van der Waals surface area contributed by atoms with E-state index in [9.17, 15) is 0 Å². The lowest BCUT2D eigenvalue weighted by Crippen LogP contribution is -2.50. The van der Waals surface area contributed by atoms with Crippen LogP contribution in [0.2, 0.25) is 0 Å². The van der Waals surface area contributed by atoms with Crippen molar-refractivity contribution in [3.63, 3.8) is 0 Å². The van der Waals surface area contributed by atoms with Crippen molar-refractivity contribution in [2.75, 3.05) is 19.6 Å². The van der Waals surface area contributed by atoms with Crippen LogP contribution in [0.4, 0.5) is 0 Å². The minimum absolute atomic E-state index is 0.631. The summed E-state index contributed by atoms with van der Waals surface area (Å²) in [4.78, 5) is 7.03. The fourth-order valence-electron chi connectivity index (χ4n) is 3.30. The van der Waals surface area contributed by atoms with E-state index in [-0.39, 0.29) is 0 Å². The maximum absolute atomic E-state index is 4.46. The van der Waals surface area contributed by atoms with E-state index in [1.54, 1.807) is 0 Å². The molecule has 1 atom stereocenters. The smallest absolute Gasteiger partial charge is 0.0705 e. The van der Waals surface area contributed by atoms with Crippen LogP contribution in [0.5, 0.6) is 0 Å². The SMILES string of the molecule is CC(C)CC1CN(Cc2ccnc3ccccc23)CCN1. The van der Waals surface area contributed by atoms with E-state index >= 15 is 0 Å². The van der Waals surface area contributed by atoms with Crippen molar-refractivity contribution < 1.29 is 0 Å². The highest BCUT2D eigenvalue weighted by atomic mass is 15.2. The van der Waals surface area contributed by atoms with Gasteiger partial charge in [0.15, 0.2) is 0 Å². The fourth-order valence-corrected chi connectivity index (χ4v) is 3.30. The third kappa shape index (κ3) is 3.60. The van der Waals surface area contributed by atoms with Crippen molar-refractivity contribution in [2.24, 2.45) is 5.92 Å². The monoisotopic (exact) mass is 283 g/mol. The summed E-state index contributed by atoms with van der Waals surface area (Å²) in [6.07, 6.45) is 3.19. The molecule has 0 aliphatic carbocycles. The molecule has 1 aliphatic heterocycles. The Bertz CT molecular complexity index is 589. The molecule has 0 radical (unpaired) electrons. The van der Waals surface area contributed by atoms with Crippen LogP contribution < -0.4 is 5.32 Å². The van der Waals surface area contributed by atoms with Gasteiger partial charge < -0.3 is 5.32 Å². The predicted octanol–water partition coefficient (Wildman–Crippen LogP) is 3.05. The van der Waals surface area contributed by atoms with Crippen molar-refractivity contribution >= 4 is 10.9 Å². The van der Waals surface area contributed by atoms with Crippen molar-refractivity contribution in [1.82, 2.24) is 15.2 Å². The van der Waals surface area contributed by atoms with E-state index in [0.29, 0.717) is 6.04 Å². The number of para-hydroxylation sites is 1. The number of rotatable bonds is 4. The highest BCUT2D eigenvalue weighted by Crippen LogP contribution is 2.19. The van der Waals surface area contributed by atoms with Crippen LogP contribution in [-0.4, -0.2) is 35.6 Å². The molecule has 3 rings (SSSR count). The van der Waals surface area contributed by atoms with Crippen LogP contribution in [0, 0.1) is 5.92 Å². The molecule has 1 saturated heterocycles.